The van der Waals surface area contributed by atoms with Crippen LogP contribution < -0.4 is 20.1 Å². The first-order valence-electron chi connectivity index (χ1n) is 14.5. The number of carbonyl (C=O) groups excluding carboxylic acids is 1. The normalized spacial score (nSPS) is 18.2. The number of rotatable bonds is 3. The number of anilines is 1. The third-order valence-electron chi connectivity index (χ3n) is 8.01. The van der Waals surface area contributed by atoms with E-state index in [1.807, 2.05) is 32.6 Å². The highest BCUT2D eigenvalue weighted by Gasteiger charge is 2.34. The molecule has 2 bridgehead atoms. The van der Waals surface area contributed by atoms with Crippen molar-refractivity contribution in [3.8, 4) is 28.4 Å². The molecule has 0 unspecified atom stereocenters. The Morgan fingerprint density at radius 2 is 1.80 bits per heavy atom. The van der Waals surface area contributed by atoms with Crippen LogP contribution in [-0.4, -0.2) is 68.7 Å². The molecule has 0 spiro atoms. The number of benzene rings is 1. The van der Waals surface area contributed by atoms with Crippen LogP contribution in [0.25, 0.3) is 28.0 Å². The maximum Gasteiger partial charge on any atom is 0.356 e. The van der Waals surface area contributed by atoms with E-state index in [2.05, 4.69) is 21.5 Å². The Hall–Kier alpha value is -4.87. The minimum atomic E-state index is -0.814. The molecule has 2 atom stereocenters. The number of carbonyl (C=O) groups is 1. The predicted molar refractivity (Wildman–Crippen MR) is 162 cm³/mol. The Morgan fingerprint density at radius 3 is 2.52 bits per heavy atom. The molecule has 5 heterocycles. The number of amides is 1. The van der Waals surface area contributed by atoms with Crippen LogP contribution in [0, 0.1) is 11.6 Å². The number of fused-ring (bicyclic) bond motifs is 5. The van der Waals surface area contributed by atoms with Crippen LogP contribution in [0.15, 0.2) is 54.0 Å². The van der Waals surface area contributed by atoms with E-state index in [1.165, 1.54) is 34.9 Å². The van der Waals surface area contributed by atoms with Gasteiger partial charge < -0.3 is 19.3 Å². The van der Waals surface area contributed by atoms with Gasteiger partial charge in [0.1, 0.15) is 47.7 Å². The van der Waals surface area contributed by atoms with Crippen molar-refractivity contribution < 1.29 is 23.0 Å². The maximum absolute atomic E-state index is 16.2. The highest BCUT2D eigenvalue weighted by molar-refractivity contribution is 5.92. The Labute approximate surface area is 252 Å². The monoisotopic (exact) mass is 602 g/mol. The van der Waals surface area contributed by atoms with E-state index in [4.69, 9.17) is 9.47 Å². The third-order valence-corrected chi connectivity index (χ3v) is 8.01. The van der Waals surface area contributed by atoms with Gasteiger partial charge in [-0.2, -0.15) is 4.98 Å². The fourth-order valence-corrected chi connectivity index (χ4v) is 5.92. The average Bonchev–Trinajstić information content (AvgIpc) is 2.99. The quantitative estimate of drug-likeness (QED) is 0.313. The highest BCUT2D eigenvalue weighted by Crippen LogP contribution is 2.39. The molecular formula is C32H32F2N6O4. The summed E-state index contributed by atoms with van der Waals surface area (Å²) in [5.74, 6) is -1.25. The second-order valence-corrected chi connectivity index (χ2v) is 11.3. The van der Waals surface area contributed by atoms with Gasteiger partial charge in [-0.25, -0.2) is 23.1 Å². The maximum atomic E-state index is 16.2. The molecule has 0 N–H and O–H groups in total. The zero-order chi connectivity index (χ0) is 31.3. The predicted octanol–water partition coefficient (Wildman–Crippen LogP) is 4.63. The third kappa shape index (κ3) is 4.83. The number of aromatic nitrogens is 4. The molecular weight excluding hydrogens is 570 g/mol. The number of nitrogens with zero attached hydrogens (tertiary/aromatic N) is 6. The van der Waals surface area contributed by atoms with E-state index in [1.54, 1.807) is 17.2 Å². The van der Waals surface area contributed by atoms with E-state index >= 15 is 8.78 Å². The fourth-order valence-electron chi connectivity index (χ4n) is 5.92. The van der Waals surface area contributed by atoms with Gasteiger partial charge in [0.05, 0.1) is 16.6 Å². The molecule has 2 aliphatic rings. The number of pyridine rings is 2. The van der Waals surface area contributed by atoms with E-state index in [0.717, 1.165) is 0 Å². The molecule has 4 aromatic rings. The molecule has 1 amide bonds. The van der Waals surface area contributed by atoms with Crippen molar-refractivity contribution in [2.24, 2.45) is 0 Å². The van der Waals surface area contributed by atoms with Crippen molar-refractivity contribution >= 4 is 22.8 Å². The summed E-state index contributed by atoms with van der Waals surface area (Å²) in [7, 11) is 0. The van der Waals surface area contributed by atoms with Crippen LogP contribution in [0.4, 0.5) is 14.6 Å². The summed E-state index contributed by atoms with van der Waals surface area (Å²) in [6.45, 7) is 12.0. The van der Waals surface area contributed by atoms with Gasteiger partial charge in [0.15, 0.2) is 11.5 Å². The lowest BCUT2D eigenvalue weighted by atomic mass is 10.0. The lowest BCUT2D eigenvalue weighted by molar-refractivity contribution is -0.128. The van der Waals surface area contributed by atoms with Crippen molar-refractivity contribution in [1.29, 1.82) is 0 Å². The summed E-state index contributed by atoms with van der Waals surface area (Å²) in [5, 5.41) is 0.230. The topological polar surface area (TPSA) is 103 Å². The molecule has 44 heavy (non-hydrogen) atoms. The molecule has 228 valence electrons. The Morgan fingerprint density at radius 1 is 1.05 bits per heavy atom. The molecule has 6 rings (SSSR count). The smallest absolute Gasteiger partial charge is 0.356 e. The van der Waals surface area contributed by atoms with E-state index in [-0.39, 0.29) is 71.0 Å². The van der Waals surface area contributed by atoms with E-state index in [0.29, 0.717) is 30.2 Å². The molecule has 12 heteroatoms. The van der Waals surface area contributed by atoms with Crippen molar-refractivity contribution in [2.75, 3.05) is 31.2 Å². The Bertz CT molecular complexity index is 1860. The number of halogens is 2. The highest BCUT2D eigenvalue weighted by atomic mass is 19.1. The lowest BCUT2D eigenvalue weighted by Gasteiger charge is -2.44. The largest absolute Gasteiger partial charge is 0.489 e. The summed E-state index contributed by atoms with van der Waals surface area (Å²) < 4.78 is 44.7. The van der Waals surface area contributed by atoms with Gasteiger partial charge in [-0.15, -0.1) is 0 Å². The average molecular weight is 603 g/mol. The van der Waals surface area contributed by atoms with Crippen LogP contribution >= 0.6 is 0 Å². The molecule has 0 radical (unpaired) electrons. The summed E-state index contributed by atoms with van der Waals surface area (Å²) in [6, 6.07) is 6.51. The fraction of sp³-hybridized carbons (Fsp3) is 0.344. The van der Waals surface area contributed by atoms with Crippen LogP contribution in [0.1, 0.15) is 39.3 Å². The van der Waals surface area contributed by atoms with Crippen molar-refractivity contribution in [3.63, 3.8) is 0 Å². The van der Waals surface area contributed by atoms with Crippen molar-refractivity contribution in [3.05, 3.63) is 77.0 Å². The van der Waals surface area contributed by atoms with Gasteiger partial charge >= 0.3 is 5.69 Å². The van der Waals surface area contributed by atoms with Gasteiger partial charge in [0.2, 0.25) is 5.91 Å². The first-order chi connectivity index (χ1) is 21.1. The molecule has 1 aromatic carbocycles. The summed E-state index contributed by atoms with van der Waals surface area (Å²) in [4.78, 5) is 43.9. The molecule has 10 nitrogen and oxygen atoms in total. The minimum Gasteiger partial charge on any atom is -0.489 e. The molecule has 0 saturated carbocycles. The van der Waals surface area contributed by atoms with E-state index in [9.17, 15) is 9.59 Å². The SMILES string of the molecule is C=CC(=O)N1C[C@H](C)N(c2nc(=O)n3c4nc(c(F)cc24)-c2c(F)cccc2OCCOc2ccnc(C(C)C)c2-3)C[C@H]1C. The first-order valence-corrected chi connectivity index (χ1v) is 14.5. The van der Waals surface area contributed by atoms with Crippen molar-refractivity contribution in [2.45, 2.75) is 45.7 Å². The zero-order valence-electron chi connectivity index (χ0n) is 24.9. The van der Waals surface area contributed by atoms with Gasteiger partial charge in [0.25, 0.3) is 0 Å². The van der Waals surface area contributed by atoms with Gasteiger partial charge in [-0.3, -0.25) is 9.78 Å². The summed E-state index contributed by atoms with van der Waals surface area (Å²) >= 11 is 0. The van der Waals surface area contributed by atoms with Gasteiger partial charge in [-0.1, -0.05) is 26.5 Å². The summed E-state index contributed by atoms with van der Waals surface area (Å²) in [5.41, 5.74) is -0.259. The molecule has 2 aliphatic heterocycles. The number of ether oxygens (including phenoxy) is 2. The standard InChI is InChI=1S/C32H32F2N6O4/c1-6-25(41)38-15-19(5)39(16-18(38)4)30-20-14-22(34)28-26-21(33)8-7-9-23(26)43-12-13-44-24-10-11-35-27(17(2)3)29(24)40(31(20)36-28)32(42)37-30/h6-11,14,17-19H,1,12-13,15-16H2,2-5H3/t18-,19+/m1/s1. The van der Waals surface area contributed by atoms with E-state index < -0.39 is 17.3 Å². The second kappa shape index (κ2) is 11.3. The van der Waals surface area contributed by atoms with Crippen LogP contribution in [0.2, 0.25) is 0 Å². The number of hydrogen-bond donors (Lipinski definition) is 0. The Kier molecular flexibility index (Phi) is 7.52. The number of piperazine rings is 1. The van der Waals surface area contributed by atoms with Crippen LogP contribution in [-0.2, 0) is 4.79 Å². The van der Waals surface area contributed by atoms with Crippen LogP contribution in [0.5, 0.6) is 11.5 Å². The lowest BCUT2D eigenvalue weighted by Crippen LogP contribution is -2.58. The Balaban J connectivity index is 1.69. The molecule has 1 fully saturated rings. The molecule has 1 saturated heterocycles. The molecule has 3 aromatic heterocycles. The minimum absolute atomic E-state index is 0.0223. The second-order valence-electron chi connectivity index (χ2n) is 11.3. The first kappa shape index (κ1) is 29.2. The number of hydrogen-bond acceptors (Lipinski definition) is 8. The van der Waals surface area contributed by atoms with Crippen molar-refractivity contribution in [1.82, 2.24) is 24.4 Å². The zero-order valence-corrected chi connectivity index (χ0v) is 24.9. The van der Waals surface area contributed by atoms with Gasteiger partial charge in [0, 0.05) is 37.4 Å². The molecule has 0 aliphatic carbocycles. The summed E-state index contributed by atoms with van der Waals surface area (Å²) in [6.07, 6.45) is 2.86. The van der Waals surface area contributed by atoms with Crippen LogP contribution in [0.3, 0.4) is 0 Å². The van der Waals surface area contributed by atoms with Gasteiger partial charge in [-0.05, 0) is 44.0 Å².